The van der Waals surface area contributed by atoms with Gasteiger partial charge in [-0.3, -0.25) is 0 Å². The Morgan fingerprint density at radius 2 is 1.61 bits per heavy atom. The number of ether oxygens (including phenoxy) is 1. The Morgan fingerprint density at radius 1 is 1.06 bits per heavy atom. The van der Waals surface area contributed by atoms with Gasteiger partial charge in [-0.1, -0.05) is 39.5 Å². The second kappa shape index (κ2) is 10.7. The van der Waals surface area contributed by atoms with Gasteiger partial charge in [0.25, 0.3) is 0 Å². The van der Waals surface area contributed by atoms with Gasteiger partial charge in [-0.25, -0.2) is 9.68 Å². The van der Waals surface area contributed by atoms with Gasteiger partial charge in [0.2, 0.25) is 0 Å². The van der Waals surface area contributed by atoms with Crippen LogP contribution in [0.4, 0.5) is 9.59 Å². The van der Waals surface area contributed by atoms with Crippen LogP contribution >= 0.6 is 0 Å². The van der Waals surface area contributed by atoms with Crippen LogP contribution in [-0.2, 0) is 14.5 Å². The van der Waals surface area contributed by atoms with Crippen LogP contribution in [0.1, 0.15) is 52.4 Å². The first-order valence-electron chi connectivity index (χ1n) is 6.34. The third-order valence-corrected chi connectivity index (χ3v) is 2.55. The number of carbonyl (C=O) groups is 2. The van der Waals surface area contributed by atoms with Crippen LogP contribution in [-0.4, -0.2) is 24.0 Å². The lowest BCUT2D eigenvalue weighted by molar-refractivity contribution is -0.214. The molecule has 0 aliphatic carbocycles. The van der Waals surface area contributed by atoms with Gasteiger partial charge in [0, 0.05) is 0 Å². The molecule has 6 heteroatoms. The van der Waals surface area contributed by atoms with Gasteiger partial charge in [0.05, 0.1) is 6.61 Å². The van der Waals surface area contributed by atoms with Crippen molar-refractivity contribution >= 4 is 12.3 Å². The first kappa shape index (κ1) is 16.5. The summed E-state index contributed by atoms with van der Waals surface area (Å²) in [5, 5.41) is 8.12. The van der Waals surface area contributed by atoms with Gasteiger partial charge < -0.3 is 9.84 Å². The van der Waals surface area contributed by atoms with Crippen LogP contribution < -0.4 is 0 Å². The van der Waals surface area contributed by atoms with E-state index in [2.05, 4.69) is 23.6 Å². The summed E-state index contributed by atoms with van der Waals surface area (Å²) >= 11 is 0. The fourth-order valence-electron chi connectivity index (χ4n) is 1.58. The first-order chi connectivity index (χ1) is 8.60. The number of carbonyl (C=O) groups excluding carboxylic acids is 1. The molecule has 0 aromatic heterocycles. The molecule has 0 bridgehead atoms. The van der Waals surface area contributed by atoms with E-state index in [0.717, 1.165) is 38.5 Å². The monoisotopic (exact) mass is 262 g/mol. The van der Waals surface area contributed by atoms with Crippen molar-refractivity contribution in [2.75, 3.05) is 6.61 Å². The zero-order valence-electron chi connectivity index (χ0n) is 11.0. The van der Waals surface area contributed by atoms with Crippen LogP contribution in [0.2, 0.25) is 0 Å². The number of carboxylic acid groups (broad SMARTS) is 1. The Balaban J connectivity index is 3.84. The molecule has 0 saturated carbocycles. The molecule has 0 aromatic carbocycles. The van der Waals surface area contributed by atoms with Crippen LogP contribution in [0.3, 0.4) is 0 Å². The number of hydrogen-bond donors (Lipinski definition) is 1. The van der Waals surface area contributed by atoms with Crippen LogP contribution in [0.5, 0.6) is 0 Å². The summed E-state index contributed by atoms with van der Waals surface area (Å²) in [6.45, 7) is 4.45. The minimum absolute atomic E-state index is 0.238. The highest BCUT2D eigenvalue weighted by molar-refractivity contribution is 5.62. The van der Waals surface area contributed by atoms with Crippen LogP contribution in [0, 0.1) is 5.92 Å². The lowest BCUT2D eigenvalue weighted by Gasteiger charge is -2.15. The Labute approximate surface area is 107 Å². The van der Waals surface area contributed by atoms with Crippen molar-refractivity contribution in [1.82, 2.24) is 0 Å². The molecule has 0 radical (unpaired) electrons. The smallest absolute Gasteiger partial charge is 0.447 e. The molecule has 106 valence electrons. The maximum atomic E-state index is 11.0. The third-order valence-electron chi connectivity index (χ3n) is 2.55. The molecule has 18 heavy (non-hydrogen) atoms. The number of unbranched alkanes of at least 4 members (excludes halogenated alkanes) is 2. The molecule has 0 spiro atoms. The van der Waals surface area contributed by atoms with Crippen LogP contribution in [0.15, 0.2) is 0 Å². The summed E-state index contributed by atoms with van der Waals surface area (Å²) in [6, 6.07) is 0. The summed E-state index contributed by atoms with van der Waals surface area (Å²) in [5.74, 6) is 0.294. The quantitative estimate of drug-likeness (QED) is 0.407. The van der Waals surface area contributed by atoms with E-state index in [-0.39, 0.29) is 6.61 Å². The second-order valence-corrected chi connectivity index (χ2v) is 4.14. The molecule has 0 fully saturated rings. The van der Waals surface area contributed by atoms with Crippen LogP contribution in [0.25, 0.3) is 0 Å². The number of rotatable bonds is 8. The zero-order valence-corrected chi connectivity index (χ0v) is 11.0. The van der Waals surface area contributed by atoms with Crippen molar-refractivity contribution in [3.8, 4) is 0 Å². The Bertz CT molecular complexity index is 233. The topological polar surface area (TPSA) is 82.1 Å². The molecule has 0 unspecified atom stereocenters. The summed E-state index contributed by atoms with van der Waals surface area (Å²) in [4.78, 5) is 28.5. The molecule has 0 heterocycles. The molecular formula is C12H22O6. The molecule has 0 amide bonds. The van der Waals surface area contributed by atoms with E-state index >= 15 is 0 Å². The largest absolute Gasteiger partial charge is 0.550 e. The lowest BCUT2D eigenvalue weighted by Crippen LogP contribution is -2.17. The molecule has 1 N–H and O–H groups in total. The van der Waals surface area contributed by atoms with Gasteiger partial charge >= 0.3 is 12.3 Å². The average molecular weight is 262 g/mol. The molecule has 0 aliphatic rings. The second-order valence-electron chi connectivity index (χ2n) is 4.14. The van der Waals surface area contributed by atoms with Gasteiger partial charge in [-0.15, -0.1) is 0 Å². The SMILES string of the molecule is CCCCC(CCCC)COC(=O)OOC(=O)O. The third kappa shape index (κ3) is 9.74. The standard InChI is InChI=1S/C12H22O6/c1-3-5-7-10(8-6-4-2)9-16-12(15)18-17-11(13)14/h10H,3-9H2,1-2H3,(H,13,14). The van der Waals surface area contributed by atoms with Crippen molar-refractivity contribution in [3.63, 3.8) is 0 Å². The molecule has 6 nitrogen and oxygen atoms in total. The summed E-state index contributed by atoms with van der Waals surface area (Å²) < 4.78 is 4.80. The van der Waals surface area contributed by atoms with E-state index in [1.54, 1.807) is 0 Å². The van der Waals surface area contributed by atoms with Gasteiger partial charge in [-0.2, -0.15) is 9.68 Å². The molecule has 0 rings (SSSR count). The van der Waals surface area contributed by atoms with Crippen molar-refractivity contribution in [1.29, 1.82) is 0 Å². The van der Waals surface area contributed by atoms with Gasteiger partial charge in [0.15, 0.2) is 0 Å². The Kier molecular flexibility index (Phi) is 9.81. The summed E-state index contributed by atoms with van der Waals surface area (Å²) in [5.41, 5.74) is 0. The summed E-state index contributed by atoms with van der Waals surface area (Å²) in [6.07, 6.45) is 3.53. The number of hydrogen-bond acceptors (Lipinski definition) is 5. The van der Waals surface area contributed by atoms with Crippen molar-refractivity contribution in [3.05, 3.63) is 0 Å². The van der Waals surface area contributed by atoms with E-state index in [1.165, 1.54) is 0 Å². The maximum absolute atomic E-state index is 11.0. The average Bonchev–Trinajstić information content (AvgIpc) is 2.35. The van der Waals surface area contributed by atoms with Crippen molar-refractivity contribution in [2.24, 2.45) is 5.92 Å². The zero-order chi connectivity index (χ0) is 13.8. The Morgan fingerprint density at radius 3 is 2.06 bits per heavy atom. The molecule has 0 saturated heterocycles. The minimum Gasteiger partial charge on any atom is -0.447 e. The predicted molar refractivity (Wildman–Crippen MR) is 64.1 cm³/mol. The predicted octanol–water partition coefficient (Wildman–Crippen LogP) is 3.75. The van der Waals surface area contributed by atoms with E-state index in [4.69, 9.17) is 9.84 Å². The van der Waals surface area contributed by atoms with E-state index in [0.29, 0.717) is 5.92 Å². The maximum Gasteiger partial charge on any atom is 0.550 e. The molecule has 0 atom stereocenters. The molecular weight excluding hydrogens is 240 g/mol. The summed E-state index contributed by atoms with van der Waals surface area (Å²) in [7, 11) is 0. The normalized spacial score (nSPS) is 10.2. The highest BCUT2D eigenvalue weighted by Crippen LogP contribution is 2.16. The molecule has 0 aliphatic heterocycles. The highest BCUT2D eigenvalue weighted by atomic mass is 17.3. The Hall–Kier alpha value is -1.46. The fourth-order valence-corrected chi connectivity index (χ4v) is 1.58. The first-order valence-corrected chi connectivity index (χ1v) is 6.34. The fraction of sp³-hybridized carbons (Fsp3) is 0.833. The van der Waals surface area contributed by atoms with Crippen molar-refractivity contribution < 1.29 is 29.2 Å². The molecule has 0 aromatic rings. The lowest BCUT2D eigenvalue weighted by atomic mass is 9.97. The van der Waals surface area contributed by atoms with E-state index < -0.39 is 12.3 Å². The van der Waals surface area contributed by atoms with Gasteiger partial charge in [-0.05, 0) is 18.8 Å². The van der Waals surface area contributed by atoms with Crippen molar-refractivity contribution in [2.45, 2.75) is 52.4 Å². The van der Waals surface area contributed by atoms with E-state index in [1.807, 2.05) is 0 Å². The van der Waals surface area contributed by atoms with Gasteiger partial charge in [0.1, 0.15) is 0 Å². The highest BCUT2D eigenvalue weighted by Gasteiger charge is 2.14. The van der Waals surface area contributed by atoms with E-state index in [9.17, 15) is 9.59 Å². The minimum atomic E-state index is -1.68.